The predicted octanol–water partition coefficient (Wildman–Crippen LogP) is 2.17. The highest BCUT2D eigenvalue weighted by Gasteiger charge is 2.17. The van der Waals surface area contributed by atoms with Crippen LogP contribution in [0.15, 0.2) is 22.7 Å². The number of aliphatic hydroxyl groups excluding tert-OH is 1. The summed E-state index contributed by atoms with van der Waals surface area (Å²) in [6.45, 7) is 0.354. The first-order valence-electron chi connectivity index (χ1n) is 5.38. The molecule has 0 radical (unpaired) electrons. The van der Waals surface area contributed by atoms with Gasteiger partial charge in [-0.25, -0.2) is 0 Å². The highest BCUT2D eigenvalue weighted by molar-refractivity contribution is 9.10. The molecular weight excluding hydrogens is 304 g/mol. The summed E-state index contributed by atoms with van der Waals surface area (Å²) in [6.07, 6.45) is 0.566. The molecule has 0 aromatic heterocycles. The van der Waals surface area contributed by atoms with Gasteiger partial charge in [0.2, 0.25) is 0 Å². The van der Waals surface area contributed by atoms with Crippen LogP contribution in [-0.2, 0) is 4.74 Å². The summed E-state index contributed by atoms with van der Waals surface area (Å²) >= 11 is 3.26. The zero-order chi connectivity index (χ0) is 13.5. The van der Waals surface area contributed by atoms with Crippen LogP contribution in [0.25, 0.3) is 0 Å². The Morgan fingerprint density at radius 3 is 2.89 bits per heavy atom. The van der Waals surface area contributed by atoms with Gasteiger partial charge in [0.1, 0.15) is 5.69 Å². The number of nitrogens with one attached hydrogen (secondary N) is 1. The van der Waals surface area contributed by atoms with Crippen LogP contribution in [0.1, 0.15) is 6.42 Å². The van der Waals surface area contributed by atoms with Crippen molar-refractivity contribution in [1.29, 1.82) is 0 Å². The second kappa shape index (κ2) is 7.30. The highest BCUT2D eigenvalue weighted by Crippen LogP contribution is 2.28. The molecule has 1 aromatic carbocycles. The molecule has 1 unspecified atom stereocenters. The normalized spacial score (nSPS) is 12.2. The molecule has 0 saturated heterocycles. The Morgan fingerprint density at radius 1 is 1.61 bits per heavy atom. The van der Waals surface area contributed by atoms with Gasteiger partial charge in [-0.3, -0.25) is 10.1 Å². The second-order valence-electron chi connectivity index (χ2n) is 3.72. The molecule has 6 nitrogen and oxygen atoms in total. The summed E-state index contributed by atoms with van der Waals surface area (Å²) in [6, 6.07) is 4.36. The van der Waals surface area contributed by atoms with Gasteiger partial charge >= 0.3 is 0 Å². The molecule has 2 N–H and O–H groups in total. The number of anilines is 1. The molecule has 0 spiro atoms. The number of rotatable bonds is 7. The summed E-state index contributed by atoms with van der Waals surface area (Å²) in [5, 5.41) is 23.0. The summed E-state index contributed by atoms with van der Waals surface area (Å²) in [4.78, 5) is 10.4. The maximum absolute atomic E-state index is 10.9. The third-order valence-electron chi connectivity index (χ3n) is 2.41. The van der Waals surface area contributed by atoms with E-state index in [0.29, 0.717) is 18.7 Å². The van der Waals surface area contributed by atoms with Gasteiger partial charge in [-0.05, 0) is 18.6 Å². The van der Waals surface area contributed by atoms with E-state index < -0.39 is 4.92 Å². The van der Waals surface area contributed by atoms with Crippen LogP contribution in [0, 0.1) is 10.1 Å². The summed E-state index contributed by atoms with van der Waals surface area (Å²) in [5.41, 5.74) is 0.360. The van der Waals surface area contributed by atoms with Crippen molar-refractivity contribution in [3.63, 3.8) is 0 Å². The first-order chi connectivity index (χ1) is 8.58. The summed E-state index contributed by atoms with van der Waals surface area (Å²) in [5.74, 6) is 0. The van der Waals surface area contributed by atoms with Gasteiger partial charge in [0.15, 0.2) is 0 Å². The third-order valence-corrected chi connectivity index (χ3v) is 2.90. The summed E-state index contributed by atoms with van der Waals surface area (Å²) < 4.78 is 5.65. The second-order valence-corrected chi connectivity index (χ2v) is 4.64. The first kappa shape index (κ1) is 14.9. The molecule has 0 amide bonds. The minimum absolute atomic E-state index is 0.0194. The molecule has 100 valence electrons. The van der Waals surface area contributed by atoms with Crippen molar-refractivity contribution in [1.82, 2.24) is 0 Å². The average molecular weight is 319 g/mol. The Kier molecular flexibility index (Phi) is 6.03. The van der Waals surface area contributed by atoms with Crippen molar-refractivity contribution >= 4 is 27.3 Å². The maximum atomic E-state index is 10.9. The predicted molar refractivity (Wildman–Crippen MR) is 71.8 cm³/mol. The highest BCUT2D eigenvalue weighted by atomic mass is 79.9. The molecular formula is C11H15BrN2O4. The fourth-order valence-corrected chi connectivity index (χ4v) is 1.83. The Balaban J connectivity index is 2.86. The number of halogens is 1. The SMILES string of the molecule is COCCC(CO)Nc1cc(Br)ccc1[N+](=O)[O-]. The number of aliphatic hydroxyl groups is 1. The van der Waals surface area contributed by atoms with Crippen LogP contribution in [0.5, 0.6) is 0 Å². The van der Waals surface area contributed by atoms with E-state index in [9.17, 15) is 15.2 Å². The minimum atomic E-state index is -0.459. The number of nitro groups is 1. The fourth-order valence-electron chi connectivity index (χ4n) is 1.47. The van der Waals surface area contributed by atoms with Gasteiger partial charge in [0.05, 0.1) is 17.6 Å². The van der Waals surface area contributed by atoms with Crippen LogP contribution < -0.4 is 5.32 Å². The van der Waals surface area contributed by atoms with Crippen molar-refractivity contribution in [3.05, 3.63) is 32.8 Å². The van der Waals surface area contributed by atoms with E-state index in [1.165, 1.54) is 6.07 Å². The molecule has 0 aliphatic rings. The van der Waals surface area contributed by atoms with Gasteiger partial charge in [0.25, 0.3) is 5.69 Å². The molecule has 18 heavy (non-hydrogen) atoms. The van der Waals surface area contributed by atoms with Gasteiger partial charge in [-0.15, -0.1) is 0 Å². The van der Waals surface area contributed by atoms with E-state index in [-0.39, 0.29) is 18.3 Å². The van der Waals surface area contributed by atoms with E-state index in [1.807, 2.05) is 0 Å². The van der Waals surface area contributed by atoms with Gasteiger partial charge in [0, 0.05) is 24.3 Å². The Morgan fingerprint density at radius 2 is 2.33 bits per heavy atom. The number of nitrogens with zero attached hydrogens (tertiary/aromatic N) is 1. The zero-order valence-corrected chi connectivity index (χ0v) is 11.5. The number of hydrogen-bond donors (Lipinski definition) is 2. The lowest BCUT2D eigenvalue weighted by molar-refractivity contribution is -0.384. The van der Waals surface area contributed by atoms with Crippen molar-refractivity contribution < 1.29 is 14.8 Å². The average Bonchev–Trinajstić information content (AvgIpc) is 2.34. The monoisotopic (exact) mass is 318 g/mol. The largest absolute Gasteiger partial charge is 0.394 e. The molecule has 0 aliphatic carbocycles. The Labute approximate surface area is 113 Å². The number of nitro benzene ring substituents is 1. The van der Waals surface area contributed by atoms with Crippen molar-refractivity contribution in [2.75, 3.05) is 25.6 Å². The number of benzene rings is 1. The number of ether oxygens (including phenoxy) is 1. The lowest BCUT2D eigenvalue weighted by Crippen LogP contribution is -2.25. The van der Waals surface area contributed by atoms with Crippen molar-refractivity contribution in [2.45, 2.75) is 12.5 Å². The van der Waals surface area contributed by atoms with Crippen molar-refractivity contribution in [3.8, 4) is 0 Å². The molecule has 0 heterocycles. The quantitative estimate of drug-likeness (QED) is 0.594. The Hall–Kier alpha value is -1.18. The van der Waals surface area contributed by atoms with Crippen LogP contribution in [0.2, 0.25) is 0 Å². The molecule has 0 fully saturated rings. The molecule has 1 rings (SSSR count). The molecule has 1 aromatic rings. The van der Waals surface area contributed by atoms with E-state index in [2.05, 4.69) is 21.2 Å². The van der Waals surface area contributed by atoms with E-state index in [1.54, 1.807) is 19.2 Å². The lowest BCUT2D eigenvalue weighted by atomic mass is 10.2. The minimum Gasteiger partial charge on any atom is -0.394 e. The van der Waals surface area contributed by atoms with Crippen LogP contribution >= 0.6 is 15.9 Å². The van der Waals surface area contributed by atoms with E-state index in [4.69, 9.17) is 4.74 Å². The lowest BCUT2D eigenvalue weighted by Gasteiger charge is -2.17. The topological polar surface area (TPSA) is 84.6 Å². The van der Waals surface area contributed by atoms with E-state index in [0.717, 1.165) is 4.47 Å². The van der Waals surface area contributed by atoms with E-state index >= 15 is 0 Å². The third kappa shape index (κ3) is 4.25. The molecule has 1 atom stereocenters. The molecule has 0 aliphatic heterocycles. The van der Waals surface area contributed by atoms with Crippen LogP contribution in [-0.4, -0.2) is 36.4 Å². The maximum Gasteiger partial charge on any atom is 0.292 e. The first-order valence-corrected chi connectivity index (χ1v) is 6.18. The smallest absolute Gasteiger partial charge is 0.292 e. The molecule has 7 heteroatoms. The van der Waals surface area contributed by atoms with Crippen molar-refractivity contribution in [2.24, 2.45) is 0 Å². The Bertz CT molecular complexity index is 414. The zero-order valence-electron chi connectivity index (χ0n) is 9.93. The van der Waals surface area contributed by atoms with Gasteiger partial charge < -0.3 is 15.2 Å². The van der Waals surface area contributed by atoms with Crippen LogP contribution in [0.4, 0.5) is 11.4 Å². The molecule has 0 bridgehead atoms. The number of hydrogen-bond acceptors (Lipinski definition) is 5. The fraction of sp³-hybridized carbons (Fsp3) is 0.455. The van der Waals surface area contributed by atoms with Crippen LogP contribution in [0.3, 0.4) is 0 Å². The summed E-state index contributed by atoms with van der Waals surface area (Å²) in [7, 11) is 1.57. The van der Waals surface area contributed by atoms with Gasteiger partial charge in [-0.1, -0.05) is 15.9 Å². The molecule has 0 saturated carbocycles. The van der Waals surface area contributed by atoms with Gasteiger partial charge in [-0.2, -0.15) is 0 Å². The number of methoxy groups -OCH3 is 1. The standard InChI is InChI=1S/C11H15BrN2O4/c1-18-5-4-9(7-15)13-10-6-8(12)2-3-11(10)14(16)17/h2-3,6,9,13,15H,4-5,7H2,1H3.